The van der Waals surface area contributed by atoms with E-state index in [1.165, 1.54) is 12.8 Å². The Morgan fingerprint density at radius 2 is 1.42 bits per heavy atom. The Kier molecular flexibility index (Phi) is 15.4. The third-order valence-corrected chi connectivity index (χ3v) is 4.35. The van der Waals surface area contributed by atoms with E-state index >= 15 is 0 Å². The first-order valence-corrected chi connectivity index (χ1v) is 10.4. The van der Waals surface area contributed by atoms with Gasteiger partial charge in [-0.15, -0.1) is 0 Å². The average Bonchev–Trinajstić information content (AvgIpc) is 2.58. The largest absolute Gasteiger partial charge is 0.466 e. The van der Waals surface area contributed by atoms with E-state index in [2.05, 4.69) is 6.92 Å². The molecule has 0 aliphatic rings. The van der Waals surface area contributed by atoms with E-state index < -0.39 is 5.60 Å². The second-order valence-corrected chi connectivity index (χ2v) is 7.61. The van der Waals surface area contributed by atoms with Crippen LogP contribution in [-0.2, 0) is 19.1 Å². The van der Waals surface area contributed by atoms with Crippen molar-refractivity contribution < 1.29 is 24.2 Å². The van der Waals surface area contributed by atoms with E-state index in [0.29, 0.717) is 32.3 Å². The lowest BCUT2D eigenvalue weighted by Gasteiger charge is -2.25. The lowest BCUT2D eigenvalue weighted by atomic mass is 9.99. The summed E-state index contributed by atoms with van der Waals surface area (Å²) < 4.78 is 10.7. The van der Waals surface area contributed by atoms with Crippen LogP contribution in [0.4, 0.5) is 0 Å². The molecule has 5 nitrogen and oxygen atoms in total. The summed E-state index contributed by atoms with van der Waals surface area (Å²) in [5.74, 6) is -0.364. The molecular formula is C21H40O5. The normalized spacial score (nSPS) is 11.4. The van der Waals surface area contributed by atoms with Crippen molar-refractivity contribution in [1.82, 2.24) is 0 Å². The Morgan fingerprint density at radius 1 is 0.808 bits per heavy atom. The van der Waals surface area contributed by atoms with Crippen molar-refractivity contribution >= 4 is 11.9 Å². The van der Waals surface area contributed by atoms with Crippen LogP contribution >= 0.6 is 0 Å². The molecule has 0 atom stereocenters. The summed E-state index contributed by atoms with van der Waals surface area (Å²) in [6.07, 6.45) is 11.1. The maximum atomic E-state index is 11.9. The Bertz CT molecular complexity index is 365. The number of esters is 2. The van der Waals surface area contributed by atoms with Crippen molar-refractivity contribution in [1.29, 1.82) is 0 Å². The van der Waals surface area contributed by atoms with Gasteiger partial charge in [-0.2, -0.15) is 0 Å². The number of unbranched alkanes of at least 4 members (excludes halogenated alkanes) is 7. The average molecular weight is 373 g/mol. The Morgan fingerprint density at radius 3 is 2.08 bits per heavy atom. The number of aliphatic hydroxyl groups excluding tert-OH is 1. The highest BCUT2D eigenvalue weighted by molar-refractivity contribution is 5.70. The van der Waals surface area contributed by atoms with E-state index in [4.69, 9.17) is 14.6 Å². The summed E-state index contributed by atoms with van der Waals surface area (Å²) >= 11 is 0. The number of aliphatic hydroxyl groups is 1. The van der Waals surface area contributed by atoms with Gasteiger partial charge < -0.3 is 14.6 Å². The molecule has 1 N–H and O–H groups in total. The number of hydrogen-bond donors (Lipinski definition) is 1. The summed E-state index contributed by atoms with van der Waals surface area (Å²) in [4.78, 5) is 23.5. The lowest BCUT2D eigenvalue weighted by Crippen LogP contribution is -2.28. The van der Waals surface area contributed by atoms with Crippen LogP contribution in [0.3, 0.4) is 0 Å². The van der Waals surface area contributed by atoms with Crippen molar-refractivity contribution in [2.24, 2.45) is 0 Å². The van der Waals surface area contributed by atoms with Gasteiger partial charge in [-0.3, -0.25) is 9.59 Å². The van der Waals surface area contributed by atoms with Crippen LogP contribution in [0.2, 0.25) is 0 Å². The minimum Gasteiger partial charge on any atom is -0.466 e. The van der Waals surface area contributed by atoms with Crippen LogP contribution in [0.15, 0.2) is 0 Å². The predicted octanol–water partition coefficient (Wildman–Crippen LogP) is 4.93. The number of rotatable bonds is 17. The van der Waals surface area contributed by atoms with Crippen LogP contribution in [0.5, 0.6) is 0 Å². The van der Waals surface area contributed by atoms with Crippen LogP contribution < -0.4 is 0 Å². The molecule has 0 unspecified atom stereocenters. The topological polar surface area (TPSA) is 72.8 Å². The van der Waals surface area contributed by atoms with Crippen LogP contribution in [0.25, 0.3) is 0 Å². The molecule has 154 valence electrons. The van der Waals surface area contributed by atoms with Gasteiger partial charge in [0.2, 0.25) is 0 Å². The first-order chi connectivity index (χ1) is 12.4. The van der Waals surface area contributed by atoms with Crippen molar-refractivity contribution in [2.75, 3.05) is 13.2 Å². The van der Waals surface area contributed by atoms with Gasteiger partial charge in [0.25, 0.3) is 0 Å². The number of carbonyl (C=O) groups excluding carboxylic acids is 2. The fraction of sp³-hybridized carbons (Fsp3) is 0.905. The summed E-state index contributed by atoms with van der Waals surface area (Å²) in [6.45, 7) is 6.77. The van der Waals surface area contributed by atoms with E-state index in [9.17, 15) is 9.59 Å². The fourth-order valence-corrected chi connectivity index (χ4v) is 2.75. The highest BCUT2D eigenvalue weighted by Crippen LogP contribution is 2.20. The zero-order valence-electron chi connectivity index (χ0n) is 17.2. The van der Waals surface area contributed by atoms with Gasteiger partial charge in [-0.1, -0.05) is 39.0 Å². The molecule has 0 bridgehead atoms. The zero-order chi connectivity index (χ0) is 19.7. The molecule has 5 heteroatoms. The molecule has 0 rings (SSSR count). The molecule has 0 fully saturated rings. The molecular weight excluding hydrogens is 332 g/mol. The second-order valence-electron chi connectivity index (χ2n) is 7.61. The highest BCUT2D eigenvalue weighted by Gasteiger charge is 2.22. The first kappa shape index (κ1) is 24.9. The predicted molar refractivity (Wildman–Crippen MR) is 104 cm³/mol. The molecule has 0 radical (unpaired) electrons. The SMILES string of the molecule is CCCCCCOC(=O)CCCCC(=O)OC(C)(C)CCCCCCO. The van der Waals surface area contributed by atoms with Crippen molar-refractivity contribution in [3.05, 3.63) is 0 Å². The molecule has 0 aliphatic carbocycles. The molecule has 0 aromatic heterocycles. The van der Waals surface area contributed by atoms with Crippen molar-refractivity contribution in [3.63, 3.8) is 0 Å². The summed E-state index contributed by atoms with van der Waals surface area (Å²) in [5, 5.41) is 8.76. The molecule has 0 spiro atoms. The number of hydrogen-bond acceptors (Lipinski definition) is 5. The van der Waals surface area contributed by atoms with Crippen LogP contribution in [-0.4, -0.2) is 35.9 Å². The van der Waals surface area contributed by atoms with Gasteiger partial charge >= 0.3 is 11.9 Å². The van der Waals surface area contributed by atoms with Crippen molar-refractivity contribution in [3.8, 4) is 0 Å². The molecule has 0 aliphatic heterocycles. The standard InChI is InChI=1S/C21H40O5/c1-4-5-6-13-18-25-19(23)14-9-10-15-20(24)26-21(2,3)16-11-7-8-12-17-22/h22H,4-18H2,1-3H3. The Labute approximate surface area is 159 Å². The summed E-state index contributed by atoms with van der Waals surface area (Å²) in [6, 6.07) is 0. The smallest absolute Gasteiger partial charge is 0.306 e. The van der Waals surface area contributed by atoms with Gasteiger partial charge in [-0.05, 0) is 52.4 Å². The second kappa shape index (κ2) is 16.1. The maximum Gasteiger partial charge on any atom is 0.306 e. The van der Waals surface area contributed by atoms with E-state index in [1.807, 2.05) is 13.8 Å². The first-order valence-electron chi connectivity index (χ1n) is 10.4. The minimum atomic E-state index is -0.451. The third kappa shape index (κ3) is 16.4. The monoisotopic (exact) mass is 372 g/mol. The fourth-order valence-electron chi connectivity index (χ4n) is 2.75. The number of ether oxygens (including phenoxy) is 2. The van der Waals surface area contributed by atoms with Crippen molar-refractivity contribution in [2.45, 2.75) is 110 Å². The van der Waals surface area contributed by atoms with Gasteiger partial charge in [0.05, 0.1) is 6.61 Å². The Balaban J connectivity index is 3.66. The molecule has 0 saturated heterocycles. The molecule has 0 saturated carbocycles. The maximum absolute atomic E-state index is 11.9. The molecule has 0 aromatic carbocycles. The zero-order valence-corrected chi connectivity index (χ0v) is 17.2. The van der Waals surface area contributed by atoms with Gasteiger partial charge in [0.15, 0.2) is 0 Å². The Hall–Kier alpha value is -1.10. The van der Waals surface area contributed by atoms with Gasteiger partial charge in [-0.25, -0.2) is 0 Å². The molecule has 26 heavy (non-hydrogen) atoms. The quantitative estimate of drug-likeness (QED) is 0.289. The molecule has 0 aromatic rings. The molecule has 0 amide bonds. The van der Waals surface area contributed by atoms with Crippen LogP contribution in [0.1, 0.15) is 104 Å². The van der Waals surface area contributed by atoms with Crippen LogP contribution in [0, 0.1) is 0 Å². The van der Waals surface area contributed by atoms with E-state index in [1.54, 1.807) is 0 Å². The highest BCUT2D eigenvalue weighted by atomic mass is 16.6. The van der Waals surface area contributed by atoms with E-state index in [0.717, 1.165) is 44.9 Å². The lowest BCUT2D eigenvalue weighted by molar-refractivity contribution is -0.157. The molecule has 0 heterocycles. The summed E-state index contributed by atoms with van der Waals surface area (Å²) in [7, 11) is 0. The third-order valence-electron chi connectivity index (χ3n) is 4.35. The van der Waals surface area contributed by atoms with E-state index in [-0.39, 0.29) is 18.5 Å². The number of carbonyl (C=O) groups is 2. The minimum absolute atomic E-state index is 0.168. The van der Waals surface area contributed by atoms with Gasteiger partial charge in [0, 0.05) is 19.4 Å². The summed E-state index contributed by atoms with van der Waals surface area (Å²) in [5.41, 5.74) is -0.451. The van der Waals surface area contributed by atoms with Gasteiger partial charge in [0.1, 0.15) is 5.60 Å².